The molecule has 3 rings (SSSR count). The lowest BCUT2D eigenvalue weighted by molar-refractivity contribution is 0.0218. The van der Waals surface area contributed by atoms with Crippen molar-refractivity contribution in [3.05, 3.63) is 46.9 Å². The summed E-state index contributed by atoms with van der Waals surface area (Å²) in [7, 11) is 0. The molecule has 0 radical (unpaired) electrons. The highest BCUT2D eigenvalue weighted by Gasteiger charge is 2.30. The molecule has 1 aromatic carbocycles. The van der Waals surface area contributed by atoms with Gasteiger partial charge >= 0.3 is 6.09 Å². The second kappa shape index (κ2) is 7.58. The second-order valence-electron chi connectivity index (χ2n) is 7.60. The molecule has 1 aromatic heterocycles. The van der Waals surface area contributed by atoms with Crippen LogP contribution < -0.4 is 4.74 Å². The first-order chi connectivity index (χ1) is 12.8. The lowest BCUT2D eigenvalue weighted by Crippen LogP contribution is -2.40. The first-order valence-corrected chi connectivity index (χ1v) is 9.20. The molecular formula is C20H26FN3O3. The molecule has 0 N–H and O–H groups in total. The molecule has 0 bridgehead atoms. The zero-order chi connectivity index (χ0) is 19.6. The first-order valence-electron chi connectivity index (χ1n) is 9.20. The Morgan fingerprint density at radius 1 is 1.26 bits per heavy atom. The summed E-state index contributed by atoms with van der Waals surface area (Å²) < 4.78 is 26.2. The summed E-state index contributed by atoms with van der Waals surface area (Å²) in [5.41, 5.74) is 2.35. The zero-order valence-electron chi connectivity index (χ0n) is 16.3. The number of fused-ring (bicyclic) bond motifs is 1. The highest BCUT2D eigenvalue weighted by Crippen LogP contribution is 2.29. The number of halogens is 1. The predicted octanol–water partition coefficient (Wildman–Crippen LogP) is 3.76. The summed E-state index contributed by atoms with van der Waals surface area (Å²) in [6.07, 6.45) is 0.327. The molecule has 0 fully saturated rings. The average Bonchev–Trinajstić information content (AvgIpc) is 2.93. The molecule has 0 unspecified atom stereocenters. The predicted molar refractivity (Wildman–Crippen MR) is 99.2 cm³/mol. The van der Waals surface area contributed by atoms with E-state index in [-0.39, 0.29) is 11.9 Å². The van der Waals surface area contributed by atoms with E-state index in [1.165, 1.54) is 12.1 Å². The van der Waals surface area contributed by atoms with Crippen LogP contribution in [0.5, 0.6) is 5.88 Å². The van der Waals surface area contributed by atoms with E-state index in [9.17, 15) is 9.18 Å². The van der Waals surface area contributed by atoms with Crippen molar-refractivity contribution in [1.82, 2.24) is 14.7 Å². The summed E-state index contributed by atoms with van der Waals surface area (Å²) in [6, 6.07) is 6.33. The fourth-order valence-electron chi connectivity index (χ4n) is 3.07. The van der Waals surface area contributed by atoms with Crippen molar-refractivity contribution < 1.29 is 18.7 Å². The van der Waals surface area contributed by atoms with Gasteiger partial charge in [0.2, 0.25) is 5.88 Å². The minimum absolute atomic E-state index is 0.271. The summed E-state index contributed by atoms with van der Waals surface area (Å²) in [5, 5.41) is 4.59. The minimum Gasteiger partial charge on any atom is -0.477 e. The topological polar surface area (TPSA) is 56.6 Å². The number of amides is 1. The number of benzene rings is 1. The standard InChI is InChI=1S/C20H26FN3O3/c1-5-26-18-16-10-11-23(19(25)27-20(2,3)4)13-17(16)24(22-18)12-14-6-8-15(21)9-7-14/h6-9H,5,10-13H2,1-4H3. The van der Waals surface area contributed by atoms with Crippen molar-refractivity contribution in [1.29, 1.82) is 0 Å². The molecule has 2 aromatic rings. The lowest BCUT2D eigenvalue weighted by atomic mass is 10.1. The Labute approximate surface area is 158 Å². The molecular weight excluding hydrogens is 349 g/mol. The molecule has 7 heteroatoms. The largest absolute Gasteiger partial charge is 0.477 e. The van der Waals surface area contributed by atoms with E-state index in [2.05, 4.69) is 5.10 Å². The van der Waals surface area contributed by atoms with E-state index in [1.807, 2.05) is 32.4 Å². The van der Waals surface area contributed by atoms with Gasteiger partial charge in [0.25, 0.3) is 0 Å². The summed E-state index contributed by atoms with van der Waals surface area (Å²) >= 11 is 0. The van der Waals surface area contributed by atoms with Crippen molar-refractivity contribution in [3.8, 4) is 5.88 Å². The van der Waals surface area contributed by atoms with Crippen LogP contribution in [0, 0.1) is 5.82 Å². The summed E-state index contributed by atoms with van der Waals surface area (Å²) in [4.78, 5) is 14.2. The summed E-state index contributed by atoms with van der Waals surface area (Å²) in [6.45, 7) is 9.45. The van der Waals surface area contributed by atoms with Crippen LogP contribution in [0.3, 0.4) is 0 Å². The van der Waals surface area contributed by atoms with Crippen molar-refractivity contribution in [3.63, 3.8) is 0 Å². The molecule has 0 saturated carbocycles. The van der Waals surface area contributed by atoms with Crippen LogP contribution in [0.4, 0.5) is 9.18 Å². The van der Waals surface area contributed by atoms with Crippen molar-refractivity contribution in [2.24, 2.45) is 0 Å². The van der Waals surface area contributed by atoms with E-state index in [0.29, 0.717) is 38.5 Å². The molecule has 0 aliphatic carbocycles. The Kier molecular flexibility index (Phi) is 5.39. The molecule has 1 aliphatic rings. The normalized spacial score (nSPS) is 14.0. The third kappa shape index (κ3) is 4.59. The number of hydrogen-bond donors (Lipinski definition) is 0. The van der Waals surface area contributed by atoms with Gasteiger partial charge in [0.1, 0.15) is 11.4 Å². The molecule has 0 saturated heterocycles. The van der Waals surface area contributed by atoms with Crippen LogP contribution in [0.25, 0.3) is 0 Å². The van der Waals surface area contributed by atoms with Crippen molar-refractivity contribution >= 4 is 6.09 Å². The Hall–Kier alpha value is -2.57. The van der Waals surface area contributed by atoms with Gasteiger partial charge in [0.15, 0.2) is 0 Å². The van der Waals surface area contributed by atoms with Crippen molar-refractivity contribution in [2.45, 2.75) is 52.8 Å². The van der Waals surface area contributed by atoms with Gasteiger partial charge in [-0.3, -0.25) is 4.68 Å². The van der Waals surface area contributed by atoms with E-state index < -0.39 is 5.60 Å². The van der Waals surface area contributed by atoms with Gasteiger partial charge in [-0.2, -0.15) is 0 Å². The number of ether oxygens (including phenoxy) is 2. The maximum atomic E-state index is 13.2. The smallest absolute Gasteiger partial charge is 0.410 e. The monoisotopic (exact) mass is 375 g/mol. The number of rotatable bonds is 4. The van der Waals surface area contributed by atoms with E-state index in [4.69, 9.17) is 9.47 Å². The van der Waals surface area contributed by atoms with Gasteiger partial charge < -0.3 is 14.4 Å². The minimum atomic E-state index is -0.539. The highest BCUT2D eigenvalue weighted by molar-refractivity contribution is 5.68. The molecule has 1 amide bonds. The van der Waals surface area contributed by atoms with Gasteiger partial charge in [-0.05, 0) is 51.8 Å². The van der Waals surface area contributed by atoms with Gasteiger partial charge in [0, 0.05) is 12.1 Å². The molecule has 27 heavy (non-hydrogen) atoms. The second-order valence-corrected chi connectivity index (χ2v) is 7.60. The van der Waals surface area contributed by atoms with Crippen LogP contribution in [-0.2, 0) is 24.2 Å². The fraction of sp³-hybridized carbons (Fsp3) is 0.500. The third-order valence-electron chi connectivity index (χ3n) is 4.28. The van der Waals surface area contributed by atoms with Crippen molar-refractivity contribution in [2.75, 3.05) is 13.2 Å². The van der Waals surface area contributed by atoms with Crippen LogP contribution in [0.2, 0.25) is 0 Å². The maximum Gasteiger partial charge on any atom is 0.410 e. The van der Waals surface area contributed by atoms with Gasteiger partial charge in [-0.15, -0.1) is 5.10 Å². The molecule has 146 valence electrons. The Morgan fingerprint density at radius 2 is 1.96 bits per heavy atom. The number of hydrogen-bond acceptors (Lipinski definition) is 4. The maximum absolute atomic E-state index is 13.2. The SMILES string of the molecule is CCOc1nn(Cc2ccc(F)cc2)c2c1CCN(C(=O)OC(C)(C)C)C2. The van der Waals surface area contributed by atoms with E-state index in [0.717, 1.165) is 16.8 Å². The fourth-order valence-corrected chi connectivity index (χ4v) is 3.07. The van der Waals surface area contributed by atoms with Gasteiger partial charge in [-0.25, -0.2) is 9.18 Å². The van der Waals surface area contributed by atoms with Crippen LogP contribution >= 0.6 is 0 Å². The number of aromatic nitrogens is 2. The van der Waals surface area contributed by atoms with Crippen LogP contribution in [0.1, 0.15) is 44.5 Å². The Balaban J connectivity index is 1.86. The molecule has 0 atom stereocenters. The molecule has 0 spiro atoms. The highest BCUT2D eigenvalue weighted by atomic mass is 19.1. The number of nitrogens with zero attached hydrogens (tertiary/aromatic N) is 3. The first kappa shape index (κ1) is 19.2. The average molecular weight is 375 g/mol. The van der Waals surface area contributed by atoms with Gasteiger partial charge in [0.05, 0.1) is 25.4 Å². The number of carbonyl (C=O) groups is 1. The number of carbonyl (C=O) groups excluding carboxylic acids is 1. The quantitative estimate of drug-likeness (QED) is 0.816. The van der Waals surface area contributed by atoms with Crippen LogP contribution in [-0.4, -0.2) is 39.5 Å². The molecule has 6 nitrogen and oxygen atoms in total. The molecule has 1 aliphatic heterocycles. The van der Waals surface area contributed by atoms with E-state index >= 15 is 0 Å². The third-order valence-corrected chi connectivity index (χ3v) is 4.28. The Morgan fingerprint density at radius 3 is 2.59 bits per heavy atom. The Bertz CT molecular complexity index is 809. The van der Waals surface area contributed by atoms with Crippen LogP contribution in [0.15, 0.2) is 24.3 Å². The summed E-state index contributed by atoms with van der Waals surface area (Å²) in [5.74, 6) is 0.339. The molecule has 2 heterocycles. The van der Waals surface area contributed by atoms with Gasteiger partial charge in [-0.1, -0.05) is 12.1 Å². The van der Waals surface area contributed by atoms with E-state index in [1.54, 1.807) is 17.0 Å². The lowest BCUT2D eigenvalue weighted by Gasteiger charge is -2.30. The zero-order valence-corrected chi connectivity index (χ0v) is 16.3.